The molecule has 2 amide bonds. The first-order chi connectivity index (χ1) is 15.6. The number of rotatable bonds is 4. The number of likely N-dealkylation sites (tertiary alicyclic amines) is 1. The molecule has 0 unspecified atom stereocenters. The van der Waals surface area contributed by atoms with E-state index < -0.39 is 0 Å². The van der Waals surface area contributed by atoms with Gasteiger partial charge in [-0.05, 0) is 47.5 Å². The number of para-hydroxylation sites is 1. The van der Waals surface area contributed by atoms with Crippen molar-refractivity contribution in [3.8, 4) is 0 Å². The molecule has 3 atom stereocenters. The Hall–Kier alpha value is -2.93. The minimum atomic E-state index is -0.353. The molecule has 2 aliphatic heterocycles. The lowest BCUT2D eigenvalue weighted by Crippen LogP contribution is -2.69. The third-order valence-electron chi connectivity index (χ3n) is 6.48. The molecule has 2 N–H and O–H groups in total. The zero-order valence-corrected chi connectivity index (χ0v) is 18.0. The number of nitrogens with one attached hydrogen (secondary N) is 1. The molecule has 0 aromatic heterocycles. The molecule has 0 spiro atoms. The van der Waals surface area contributed by atoms with Crippen molar-refractivity contribution >= 4 is 29.0 Å². The molecule has 3 aromatic rings. The number of fused-ring (bicyclic) bond motifs is 3. The maximum absolute atomic E-state index is 13.2. The summed E-state index contributed by atoms with van der Waals surface area (Å²) in [5.41, 5.74) is 3.41. The Labute approximate surface area is 191 Å². The van der Waals surface area contributed by atoms with Crippen LogP contribution in [0.4, 0.5) is 20.6 Å². The topological polar surface area (TPSA) is 55.8 Å². The van der Waals surface area contributed by atoms with Crippen LogP contribution in [0.1, 0.15) is 17.0 Å². The van der Waals surface area contributed by atoms with Gasteiger partial charge in [0.1, 0.15) is 5.82 Å². The minimum absolute atomic E-state index is 0.0295. The van der Waals surface area contributed by atoms with Gasteiger partial charge in [-0.25, -0.2) is 9.18 Å². The van der Waals surface area contributed by atoms with Crippen LogP contribution in [-0.2, 0) is 6.54 Å². The lowest BCUT2D eigenvalue weighted by atomic mass is 9.72. The van der Waals surface area contributed by atoms with Crippen molar-refractivity contribution in [3.05, 3.63) is 94.8 Å². The van der Waals surface area contributed by atoms with E-state index in [1.807, 2.05) is 48.5 Å². The van der Waals surface area contributed by atoms with Crippen molar-refractivity contribution in [1.29, 1.82) is 0 Å². The van der Waals surface area contributed by atoms with Crippen LogP contribution in [0.5, 0.6) is 0 Å². The van der Waals surface area contributed by atoms with Crippen LogP contribution in [0, 0.1) is 5.82 Å². The third kappa shape index (κ3) is 3.64. The number of aliphatic hydroxyl groups excluding tert-OH is 1. The summed E-state index contributed by atoms with van der Waals surface area (Å²) in [6.45, 7) is 1.11. The number of aliphatic hydroxyl groups is 1. The fourth-order valence-electron chi connectivity index (χ4n) is 4.94. The number of anilines is 2. The van der Waals surface area contributed by atoms with Crippen LogP contribution in [0.3, 0.4) is 0 Å². The number of hydrogen-bond donors (Lipinski definition) is 2. The minimum Gasteiger partial charge on any atom is -0.395 e. The molecule has 3 aromatic carbocycles. The second-order valence-corrected chi connectivity index (χ2v) is 8.62. The van der Waals surface area contributed by atoms with Crippen molar-refractivity contribution in [2.75, 3.05) is 23.4 Å². The molecule has 1 saturated heterocycles. The summed E-state index contributed by atoms with van der Waals surface area (Å²) in [5.74, 6) is -0.220. The number of carbonyl (C=O) groups excluding carboxylic acids is 1. The maximum Gasteiger partial charge on any atom is 0.326 e. The van der Waals surface area contributed by atoms with Crippen LogP contribution >= 0.6 is 11.6 Å². The summed E-state index contributed by atoms with van der Waals surface area (Å²) in [6, 6.07) is 21.0. The number of benzene rings is 3. The van der Waals surface area contributed by atoms with Gasteiger partial charge in [-0.2, -0.15) is 0 Å². The normalized spacial score (nSPS) is 22.0. The zero-order valence-electron chi connectivity index (χ0n) is 17.3. The zero-order chi connectivity index (χ0) is 22.2. The lowest BCUT2D eigenvalue weighted by Gasteiger charge is -2.59. The predicted molar refractivity (Wildman–Crippen MR) is 124 cm³/mol. The van der Waals surface area contributed by atoms with Crippen molar-refractivity contribution < 1.29 is 14.3 Å². The van der Waals surface area contributed by atoms with Gasteiger partial charge in [0.15, 0.2) is 0 Å². The Morgan fingerprint density at radius 2 is 1.78 bits per heavy atom. The molecular weight excluding hydrogens is 429 g/mol. The molecule has 5 rings (SSSR count). The van der Waals surface area contributed by atoms with Crippen LogP contribution in [-0.4, -0.2) is 41.3 Å². The molecule has 0 aliphatic carbocycles. The first kappa shape index (κ1) is 20.9. The summed E-state index contributed by atoms with van der Waals surface area (Å²) >= 11 is 6.39. The first-order valence-corrected chi connectivity index (χ1v) is 11.0. The van der Waals surface area contributed by atoms with Gasteiger partial charge in [0.05, 0.1) is 6.61 Å². The molecule has 32 heavy (non-hydrogen) atoms. The molecule has 164 valence electrons. The summed E-state index contributed by atoms with van der Waals surface area (Å²) in [4.78, 5) is 17.1. The van der Waals surface area contributed by atoms with Crippen LogP contribution in [0.15, 0.2) is 72.8 Å². The van der Waals surface area contributed by atoms with Gasteiger partial charge in [-0.15, -0.1) is 0 Å². The molecular formula is C25H23ClFN3O2. The summed E-state index contributed by atoms with van der Waals surface area (Å²) in [7, 11) is 0. The van der Waals surface area contributed by atoms with E-state index in [2.05, 4.69) is 10.2 Å². The van der Waals surface area contributed by atoms with Crippen molar-refractivity contribution in [2.24, 2.45) is 0 Å². The Balaban J connectivity index is 1.44. The number of urea groups is 1. The Bertz CT molecular complexity index is 1140. The quantitative estimate of drug-likeness (QED) is 0.595. The first-order valence-electron chi connectivity index (χ1n) is 10.6. The van der Waals surface area contributed by atoms with Gasteiger partial charge in [-0.1, -0.05) is 48.0 Å². The highest BCUT2D eigenvalue weighted by Crippen LogP contribution is 2.49. The lowest BCUT2D eigenvalue weighted by molar-refractivity contribution is -0.0484. The maximum atomic E-state index is 13.2. The van der Waals surface area contributed by atoms with Gasteiger partial charge in [0.2, 0.25) is 0 Å². The van der Waals surface area contributed by atoms with Gasteiger partial charge < -0.3 is 10.4 Å². The van der Waals surface area contributed by atoms with Crippen molar-refractivity contribution in [3.63, 3.8) is 0 Å². The fraction of sp³-hybridized carbons (Fsp3) is 0.240. The fourth-order valence-corrected chi connectivity index (χ4v) is 5.14. The van der Waals surface area contributed by atoms with Crippen LogP contribution in [0.2, 0.25) is 5.02 Å². The summed E-state index contributed by atoms with van der Waals surface area (Å²) < 4.78 is 13.2. The summed E-state index contributed by atoms with van der Waals surface area (Å²) in [6.07, 6.45) is 0. The van der Waals surface area contributed by atoms with Crippen LogP contribution in [0.25, 0.3) is 0 Å². The molecule has 7 heteroatoms. The van der Waals surface area contributed by atoms with Gasteiger partial charge in [-0.3, -0.25) is 9.80 Å². The second kappa shape index (κ2) is 8.54. The number of carbonyl (C=O) groups is 1. The molecule has 0 saturated carbocycles. The van der Waals surface area contributed by atoms with E-state index in [0.717, 1.165) is 16.8 Å². The van der Waals surface area contributed by atoms with E-state index in [0.29, 0.717) is 23.8 Å². The average molecular weight is 452 g/mol. The van der Waals surface area contributed by atoms with E-state index in [1.165, 1.54) is 12.1 Å². The van der Waals surface area contributed by atoms with E-state index in [4.69, 9.17) is 11.6 Å². The molecule has 2 heterocycles. The van der Waals surface area contributed by atoms with Crippen molar-refractivity contribution in [2.45, 2.75) is 24.5 Å². The number of hydrogen-bond acceptors (Lipinski definition) is 3. The van der Waals surface area contributed by atoms with E-state index >= 15 is 0 Å². The molecule has 5 nitrogen and oxygen atoms in total. The predicted octanol–water partition coefficient (Wildman–Crippen LogP) is 4.86. The van der Waals surface area contributed by atoms with Crippen molar-refractivity contribution in [1.82, 2.24) is 4.90 Å². The standard InChI is InChI=1S/C25H23ClFN3O2/c26-20-7-3-1-5-16(20)13-29-22-14-30(25(32)28-18-11-9-17(27)10-12-18)21-8-4-2-6-19(21)24(22)23(29)15-31/h1-12,22-24,31H,13-15H2,(H,28,32)/t22-,23-,24+/m1/s1. The molecule has 0 radical (unpaired) electrons. The van der Waals surface area contributed by atoms with E-state index in [9.17, 15) is 14.3 Å². The monoisotopic (exact) mass is 451 g/mol. The molecule has 2 aliphatic rings. The third-order valence-corrected chi connectivity index (χ3v) is 6.84. The SMILES string of the molecule is O=C(Nc1ccc(F)cc1)N1C[C@@H]2[C@H](c3ccccc31)[C@@H](CO)N2Cc1ccccc1Cl. The number of nitrogens with zero attached hydrogens (tertiary/aromatic N) is 2. The van der Waals surface area contributed by atoms with Gasteiger partial charge >= 0.3 is 6.03 Å². The Morgan fingerprint density at radius 3 is 2.53 bits per heavy atom. The Morgan fingerprint density at radius 1 is 1.06 bits per heavy atom. The Kier molecular flexibility index (Phi) is 5.59. The second-order valence-electron chi connectivity index (χ2n) is 8.21. The summed E-state index contributed by atoms with van der Waals surface area (Å²) in [5, 5.41) is 13.7. The number of amides is 2. The van der Waals surface area contributed by atoms with Crippen LogP contribution < -0.4 is 10.2 Å². The highest BCUT2D eigenvalue weighted by Gasteiger charge is 2.53. The van der Waals surface area contributed by atoms with Gasteiger partial charge in [0, 0.05) is 47.5 Å². The highest BCUT2D eigenvalue weighted by atomic mass is 35.5. The molecule has 0 bridgehead atoms. The largest absolute Gasteiger partial charge is 0.395 e. The van der Waals surface area contributed by atoms with E-state index in [1.54, 1.807) is 17.0 Å². The number of halogens is 2. The molecule has 1 fully saturated rings. The highest BCUT2D eigenvalue weighted by molar-refractivity contribution is 6.31. The van der Waals surface area contributed by atoms with Gasteiger partial charge in [0.25, 0.3) is 0 Å². The van der Waals surface area contributed by atoms with E-state index in [-0.39, 0.29) is 36.5 Å². The average Bonchev–Trinajstić information content (AvgIpc) is 2.80. The smallest absolute Gasteiger partial charge is 0.326 e.